The number of hydrogen-bond acceptors (Lipinski definition) is 2. The first-order valence-corrected chi connectivity index (χ1v) is 5.48. The van der Waals surface area contributed by atoms with E-state index in [9.17, 15) is 18.0 Å². The molecule has 1 aliphatic heterocycles. The highest BCUT2D eigenvalue weighted by Crippen LogP contribution is 2.34. The van der Waals surface area contributed by atoms with Crippen LogP contribution in [0.2, 0.25) is 0 Å². The van der Waals surface area contributed by atoms with Gasteiger partial charge in [-0.15, -0.1) is 0 Å². The topological polar surface area (TPSA) is 40.5 Å². The van der Waals surface area contributed by atoms with Gasteiger partial charge in [0.15, 0.2) is 0 Å². The summed E-state index contributed by atoms with van der Waals surface area (Å²) in [5, 5.41) is 8.52. The molecule has 17 heavy (non-hydrogen) atoms. The lowest BCUT2D eigenvalue weighted by atomic mass is 9.96. The fourth-order valence-electron chi connectivity index (χ4n) is 2.03. The number of rotatable bonds is 3. The van der Waals surface area contributed by atoms with Gasteiger partial charge >= 0.3 is 12.1 Å². The number of piperidine rings is 1. The molecule has 6 heteroatoms. The average molecular weight is 251 g/mol. The second-order valence-corrected chi connectivity index (χ2v) is 4.42. The zero-order chi connectivity index (χ0) is 13.1. The van der Waals surface area contributed by atoms with Crippen molar-refractivity contribution >= 4 is 5.97 Å². The van der Waals surface area contributed by atoms with E-state index >= 15 is 0 Å². The van der Waals surface area contributed by atoms with Gasteiger partial charge in [-0.3, -0.25) is 4.90 Å². The molecule has 1 rings (SSSR count). The third kappa shape index (κ3) is 4.77. The highest BCUT2D eigenvalue weighted by atomic mass is 19.4. The van der Waals surface area contributed by atoms with Gasteiger partial charge in [-0.05, 0) is 32.9 Å². The molecule has 0 saturated carbocycles. The summed E-state index contributed by atoms with van der Waals surface area (Å²) in [7, 11) is 0. The Morgan fingerprint density at radius 1 is 1.41 bits per heavy atom. The normalized spacial score (nSPS) is 20.6. The zero-order valence-electron chi connectivity index (χ0n) is 9.63. The molecule has 3 nitrogen and oxygen atoms in total. The third-order valence-electron chi connectivity index (χ3n) is 2.89. The van der Waals surface area contributed by atoms with E-state index in [4.69, 9.17) is 5.11 Å². The minimum Gasteiger partial charge on any atom is -0.478 e. The molecule has 0 radical (unpaired) electrons. The fourth-order valence-corrected chi connectivity index (χ4v) is 2.03. The molecule has 1 saturated heterocycles. The molecule has 0 spiro atoms. The first-order valence-electron chi connectivity index (χ1n) is 5.48. The van der Waals surface area contributed by atoms with E-state index in [1.807, 2.05) is 4.90 Å². The van der Waals surface area contributed by atoms with Crippen LogP contribution in [0.3, 0.4) is 0 Å². The minimum absolute atomic E-state index is 0.101. The largest absolute Gasteiger partial charge is 0.478 e. The molecule has 1 heterocycles. The summed E-state index contributed by atoms with van der Waals surface area (Å²) >= 11 is 0. The van der Waals surface area contributed by atoms with E-state index < -0.39 is 18.1 Å². The summed E-state index contributed by atoms with van der Waals surface area (Å²) in [4.78, 5) is 12.2. The Labute approximate surface area is 97.9 Å². The molecular formula is C11H16F3NO2. The van der Waals surface area contributed by atoms with Crippen LogP contribution in [-0.2, 0) is 4.79 Å². The first-order chi connectivity index (χ1) is 7.79. The number of likely N-dealkylation sites (tertiary alicyclic amines) is 1. The maximum Gasteiger partial charge on any atom is 0.391 e. The molecule has 98 valence electrons. The second kappa shape index (κ2) is 5.53. The molecule has 0 atom stereocenters. The number of carboxylic acid groups (broad SMARTS) is 1. The van der Waals surface area contributed by atoms with Crippen molar-refractivity contribution < 1.29 is 23.1 Å². The van der Waals surface area contributed by atoms with Gasteiger partial charge in [-0.1, -0.05) is 5.57 Å². The lowest BCUT2D eigenvalue weighted by Gasteiger charge is -2.32. The van der Waals surface area contributed by atoms with E-state index in [1.54, 1.807) is 6.92 Å². The van der Waals surface area contributed by atoms with Crippen molar-refractivity contribution in [2.45, 2.75) is 25.9 Å². The van der Waals surface area contributed by atoms with Crippen molar-refractivity contribution in [1.82, 2.24) is 4.90 Å². The molecule has 0 amide bonds. The van der Waals surface area contributed by atoms with Gasteiger partial charge in [-0.2, -0.15) is 13.2 Å². The van der Waals surface area contributed by atoms with Gasteiger partial charge in [0.1, 0.15) is 0 Å². The summed E-state index contributed by atoms with van der Waals surface area (Å²) in [5.74, 6) is -2.23. The highest BCUT2D eigenvalue weighted by Gasteiger charge is 2.40. The van der Waals surface area contributed by atoms with Crippen LogP contribution in [0.25, 0.3) is 0 Å². The molecule has 1 fully saturated rings. The molecule has 0 aromatic carbocycles. The van der Waals surface area contributed by atoms with Gasteiger partial charge in [-0.25, -0.2) is 4.79 Å². The van der Waals surface area contributed by atoms with Crippen LogP contribution in [-0.4, -0.2) is 41.8 Å². The van der Waals surface area contributed by atoms with Crippen molar-refractivity contribution in [1.29, 1.82) is 0 Å². The Morgan fingerprint density at radius 2 is 1.94 bits per heavy atom. The molecule has 1 aliphatic rings. The van der Waals surface area contributed by atoms with Gasteiger partial charge in [0, 0.05) is 12.6 Å². The molecule has 0 bridgehead atoms. The van der Waals surface area contributed by atoms with Crippen LogP contribution < -0.4 is 0 Å². The number of carboxylic acids is 1. The van der Waals surface area contributed by atoms with E-state index in [2.05, 4.69) is 0 Å². The number of alkyl halides is 3. The van der Waals surface area contributed by atoms with Crippen LogP contribution in [0.4, 0.5) is 13.2 Å². The standard InChI is InChI=1S/C11H16F3NO2/c1-8(6-10(16)17)7-15-4-2-9(3-5-15)11(12,13)14/h6,9H,2-5,7H2,1H3,(H,16,17). The lowest BCUT2D eigenvalue weighted by Crippen LogP contribution is -2.39. The van der Waals surface area contributed by atoms with Crippen molar-refractivity contribution in [3.05, 3.63) is 11.6 Å². The van der Waals surface area contributed by atoms with Gasteiger partial charge in [0.05, 0.1) is 5.92 Å². The summed E-state index contributed by atoms with van der Waals surface area (Å²) in [6, 6.07) is 0. The van der Waals surface area contributed by atoms with E-state index in [0.717, 1.165) is 6.08 Å². The summed E-state index contributed by atoms with van der Waals surface area (Å²) in [6.07, 6.45) is -2.80. The smallest absolute Gasteiger partial charge is 0.391 e. The quantitative estimate of drug-likeness (QED) is 0.782. The summed E-state index contributed by atoms with van der Waals surface area (Å²) in [5.41, 5.74) is 0.656. The Balaban J connectivity index is 2.40. The van der Waals surface area contributed by atoms with Crippen LogP contribution in [0, 0.1) is 5.92 Å². The third-order valence-corrected chi connectivity index (χ3v) is 2.89. The molecular weight excluding hydrogens is 235 g/mol. The first kappa shape index (κ1) is 14.0. The number of aliphatic carboxylic acids is 1. The fraction of sp³-hybridized carbons (Fsp3) is 0.727. The van der Waals surface area contributed by atoms with Gasteiger partial charge in [0.2, 0.25) is 0 Å². The number of nitrogens with zero attached hydrogens (tertiary/aromatic N) is 1. The number of hydrogen-bond donors (Lipinski definition) is 1. The monoisotopic (exact) mass is 251 g/mol. The van der Waals surface area contributed by atoms with E-state index in [1.165, 1.54) is 0 Å². The van der Waals surface area contributed by atoms with Crippen LogP contribution in [0.1, 0.15) is 19.8 Å². The van der Waals surface area contributed by atoms with Crippen LogP contribution >= 0.6 is 0 Å². The maximum atomic E-state index is 12.4. The minimum atomic E-state index is -4.10. The summed E-state index contributed by atoms with van der Waals surface area (Å²) in [6.45, 7) is 2.84. The Hall–Kier alpha value is -1.04. The van der Waals surface area contributed by atoms with Crippen LogP contribution in [0.5, 0.6) is 0 Å². The van der Waals surface area contributed by atoms with Crippen molar-refractivity contribution in [2.75, 3.05) is 19.6 Å². The van der Waals surface area contributed by atoms with Crippen LogP contribution in [0.15, 0.2) is 11.6 Å². The van der Waals surface area contributed by atoms with Crippen molar-refractivity contribution in [3.8, 4) is 0 Å². The predicted molar refractivity (Wildman–Crippen MR) is 56.6 cm³/mol. The Bertz CT molecular complexity index is 304. The number of halogens is 3. The molecule has 0 aromatic rings. The molecule has 0 aromatic heterocycles. The van der Waals surface area contributed by atoms with Gasteiger partial charge < -0.3 is 5.11 Å². The zero-order valence-corrected chi connectivity index (χ0v) is 9.63. The SMILES string of the molecule is CC(=CC(=O)O)CN1CCC(C(F)(F)F)CC1. The number of carbonyl (C=O) groups is 1. The lowest BCUT2D eigenvalue weighted by molar-refractivity contribution is -0.184. The Kier molecular flexibility index (Phi) is 4.56. The maximum absolute atomic E-state index is 12.4. The van der Waals surface area contributed by atoms with Crippen molar-refractivity contribution in [2.24, 2.45) is 5.92 Å². The second-order valence-electron chi connectivity index (χ2n) is 4.42. The van der Waals surface area contributed by atoms with E-state index in [0.29, 0.717) is 25.2 Å². The molecule has 0 aliphatic carbocycles. The van der Waals surface area contributed by atoms with Gasteiger partial charge in [0.25, 0.3) is 0 Å². The predicted octanol–water partition coefficient (Wildman–Crippen LogP) is 2.29. The molecule has 0 unspecified atom stereocenters. The highest BCUT2D eigenvalue weighted by molar-refractivity contribution is 5.80. The van der Waals surface area contributed by atoms with E-state index in [-0.39, 0.29) is 12.8 Å². The summed E-state index contributed by atoms with van der Waals surface area (Å²) < 4.78 is 37.2. The van der Waals surface area contributed by atoms with Crippen molar-refractivity contribution in [3.63, 3.8) is 0 Å². The molecule has 1 N–H and O–H groups in total. The Morgan fingerprint density at radius 3 is 2.35 bits per heavy atom. The average Bonchev–Trinajstić information content (AvgIpc) is 2.15.